The molecule has 11 heteroatoms. The fourth-order valence-electron chi connectivity index (χ4n) is 5.27. The van der Waals surface area contributed by atoms with Gasteiger partial charge in [0, 0.05) is 12.1 Å². The first kappa shape index (κ1) is 31.5. The number of amides is 2. The normalized spacial score (nSPS) is 15.9. The summed E-state index contributed by atoms with van der Waals surface area (Å²) in [6, 6.07) is 31.3. The SMILES string of the molecule is N=C(N)c1ccc(C(NC(=O)[C@@H]2CCCN2C(=O)[C@H](N)Cc2ccccc2)P(=O)(Oc2ccccc2)Oc2ccccc2)cc1. The number of nitrogen functional groups attached to an aromatic ring is 1. The van der Waals surface area contributed by atoms with Gasteiger partial charge in [-0.25, -0.2) is 4.57 Å². The number of amidine groups is 1. The molecule has 0 radical (unpaired) electrons. The molecular weight excluding hydrogens is 589 g/mol. The van der Waals surface area contributed by atoms with Gasteiger partial charge in [-0.2, -0.15) is 0 Å². The molecule has 3 atom stereocenters. The molecule has 6 N–H and O–H groups in total. The Kier molecular flexibility index (Phi) is 9.97. The maximum atomic E-state index is 14.9. The van der Waals surface area contributed by atoms with E-state index in [1.807, 2.05) is 30.3 Å². The number of hydrogen-bond acceptors (Lipinski definition) is 7. The van der Waals surface area contributed by atoms with Crippen LogP contribution < -0.4 is 25.8 Å². The second-order valence-corrected chi connectivity index (χ2v) is 12.7. The summed E-state index contributed by atoms with van der Waals surface area (Å²) < 4.78 is 27.1. The number of benzene rings is 4. The number of nitrogens with zero attached hydrogens (tertiary/aromatic N) is 1. The molecule has 1 saturated heterocycles. The Morgan fingerprint density at radius 2 is 1.40 bits per heavy atom. The summed E-state index contributed by atoms with van der Waals surface area (Å²) in [5.74, 6) is -1.72. The molecule has 1 unspecified atom stereocenters. The minimum atomic E-state index is -4.28. The van der Waals surface area contributed by atoms with E-state index < -0.39 is 31.4 Å². The molecule has 2 amide bonds. The lowest BCUT2D eigenvalue weighted by atomic mass is 10.1. The van der Waals surface area contributed by atoms with Crippen molar-refractivity contribution in [1.82, 2.24) is 10.2 Å². The summed E-state index contributed by atoms with van der Waals surface area (Å²) in [7, 11) is -4.28. The number of carbonyl (C=O) groups excluding carboxylic acids is 2. The van der Waals surface area contributed by atoms with Gasteiger partial charge >= 0.3 is 7.60 Å². The van der Waals surface area contributed by atoms with E-state index in [2.05, 4.69) is 5.32 Å². The minimum absolute atomic E-state index is 0.140. The molecule has 10 nitrogen and oxygen atoms in total. The number of likely N-dealkylation sites (tertiary alicyclic amines) is 1. The summed E-state index contributed by atoms with van der Waals surface area (Å²) in [6.45, 7) is 0.371. The fraction of sp³-hybridized carbons (Fsp3) is 0.206. The molecule has 0 spiro atoms. The summed E-state index contributed by atoms with van der Waals surface area (Å²) in [5, 5.41) is 10.7. The number of rotatable bonds is 12. The zero-order valence-electron chi connectivity index (χ0n) is 24.6. The van der Waals surface area contributed by atoms with E-state index in [0.717, 1.165) is 5.56 Å². The highest BCUT2D eigenvalue weighted by molar-refractivity contribution is 7.55. The third-order valence-corrected chi connectivity index (χ3v) is 9.53. The number of carbonyl (C=O) groups is 2. The Balaban J connectivity index is 1.47. The molecule has 232 valence electrons. The Morgan fingerprint density at radius 1 is 0.867 bits per heavy atom. The molecule has 0 aliphatic carbocycles. The summed E-state index contributed by atoms with van der Waals surface area (Å²) in [5.41, 5.74) is 13.8. The van der Waals surface area contributed by atoms with Gasteiger partial charge in [0.2, 0.25) is 11.8 Å². The standard InChI is InChI=1S/C34H36N5O5P/c35-29(23-24-11-4-1-5-12-24)34(41)39-22-10-17-30(39)32(40)38-33(26-20-18-25(19-21-26)31(36)37)45(42,43-27-13-6-2-7-14-27)44-28-15-8-3-9-16-28/h1-9,11-16,18-21,29-30,33H,10,17,22-23,35H2,(H3,36,37)(H,38,40)/t29-,30+,33?/m1/s1. The highest BCUT2D eigenvalue weighted by atomic mass is 31.2. The highest BCUT2D eigenvalue weighted by Gasteiger charge is 2.45. The maximum absolute atomic E-state index is 14.9. The van der Waals surface area contributed by atoms with E-state index in [4.69, 9.17) is 25.9 Å². The van der Waals surface area contributed by atoms with Crippen LogP contribution in [-0.4, -0.2) is 41.2 Å². The monoisotopic (exact) mass is 625 g/mol. The minimum Gasteiger partial charge on any atom is -0.414 e. The van der Waals surface area contributed by atoms with Gasteiger partial charge in [-0.05, 0) is 54.7 Å². The number of nitrogens with one attached hydrogen (secondary N) is 2. The molecule has 1 aliphatic heterocycles. The first-order valence-electron chi connectivity index (χ1n) is 14.7. The van der Waals surface area contributed by atoms with Crippen LogP contribution >= 0.6 is 7.60 Å². The summed E-state index contributed by atoms with van der Waals surface area (Å²) in [6.07, 6.45) is 1.36. The Hall–Kier alpha value is -4.92. The van der Waals surface area contributed by atoms with Crippen LogP contribution in [0.25, 0.3) is 0 Å². The van der Waals surface area contributed by atoms with Gasteiger partial charge in [0.1, 0.15) is 23.4 Å². The van der Waals surface area contributed by atoms with Gasteiger partial charge in [-0.3, -0.25) is 15.0 Å². The van der Waals surface area contributed by atoms with Crippen molar-refractivity contribution in [2.24, 2.45) is 11.5 Å². The van der Waals surface area contributed by atoms with Crippen LogP contribution in [0.5, 0.6) is 11.5 Å². The van der Waals surface area contributed by atoms with Gasteiger partial charge in [0.15, 0.2) is 5.78 Å². The highest BCUT2D eigenvalue weighted by Crippen LogP contribution is 2.59. The van der Waals surface area contributed by atoms with Crippen molar-refractivity contribution in [3.8, 4) is 11.5 Å². The summed E-state index contributed by atoms with van der Waals surface area (Å²) >= 11 is 0. The van der Waals surface area contributed by atoms with Crippen LogP contribution in [-0.2, 0) is 20.6 Å². The Morgan fingerprint density at radius 3 is 1.93 bits per heavy atom. The maximum Gasteiger partial charge on any atom is 0.457 e. The molecule has 45 heavy (non-hydrogen) atoms. The lowest BCUT2D eigenvalue weighted by Gasteiger charge is -2.31. The van der Waals surface area contributed by atoms with Crippen molar-refractivity contribution in [1.29, 1.82) is 5.41 Å². The summed E-state index contributed by atoms with van der Waals surface area (Å²) in [4.78, 5) is 29.0. The second kappa shape index (κ2) is 14.2. The largest absolute Gasteiger partial charge is 0.457 e. The van der Waals surface area contributed by atoms with Gasteiger partial charge in [0.05, 0.1) is 6.04 Å². The van der Waals surface area contributed by atoms with Crippen LogP contribution in [0.15, 0.2) is 115 Å². The average Bonchev–Trinajstić information content (AvgIpc) is 3.55. The molecule has 0 bridgehead atoms. The second-order valence-electron chi connectivity index (χ2n) is 10.8. The Labute approximate surface area is 262 Å². The van der Waals surface area contributed by atoms with Crippen molar-refractivity contribution >= 4 is 25.2 Å². The average molecular weight is 626 g/mol. The third kappa shape index (κ3) is 7.78. The lowest BCUT2D eigenvalue weighted by molar-refractivity contribution is -0.139. The number of nitrogens with two attached hydrogens (primary N) is 2. The zero-order valence-corrected chi connectivity index (χ0v) is 25.5. The zero-order chi connectivity index (χ0) is 31.8. The van der Waals surface area contributed by atoms with Gasteiger partial charge in [0.25, 0.3) is 0 Å². The molecule has 1 aliphatic rings. The third-order valence-electron chi connectivity index (χ3n) is 7.54. The van der Waals surface area contributed by atoms with Gasteiger partial charge in [-0.15, -0.1) is 0 Å². The van der Waals surface area contributed by atoms with Crippen LogP contribution in [0.3, 0.4) is 0 Å². The molecular formula is C34H36N5O5P. The van der Waals surface area contributed by atoms with E-state index in [9.17, 15) is 14.2 Å². The molecule has 4 aromatic carbocycles. The van der Waals surface area contributed by atoms with Crippen LogP contribution in [0.1, 0.15) is 35.3 Å². The molecule has 1 fully saturated rings. The first-order chi connectivity index (χ1) is 21.7. The van der Waals surface area contributed by atoms with E-state index in [-0.39, 0.29) is 23.2 Å². The Bertz CT molecular complexity index is 1610. The first-order valence-corrected chi connectivity index (χ1v) is 16.3. The van der Waals surface area contributed by atoms with E-state index >= 15 is 0 Å². The van der Waals surface area contributed by atoms with E-state index in [1.54, 1.807) is 84.9 Å². The molecule has 4 aromatic rings. The quantitative estimate of drug-likeness (QED) is 0.0979. The van der Waals surface area contributed by atoms with E-state index in [0.29, 0.717) is 36.9 Å². The van der Waals surface area contributed by atoms with Crippen LogP contribution in [0.4, 0.5) is 0 Å². The molecule has 1 heterocycles. The lowest BCUT2D eigenvalue weighted by Crippen LogP contribution is -2.52. The topological polar surface area (TPSA) is 161 Å². The van der Waals surface area contributed by atoms with Crippen LogP contribution in [0, 0.1) is 5.41 Å². The van der Waals surface area contributed by atoms with Crippen molar-refractivity contribution < 1.29 is 23.2 Å². The molecule has 0 saturated carbocycles. The number of hydrogen-bond donors (Lipinski definition) is 4. The fourth-order valence-corrected chi connectivity index (χ4v) is 7.17. The predicted octanol–water partition coefficient (Wildman–Crippen LogP) is 5.00. The number of para-hydroxylation sites is 2. The van der Waals surface area contributed by atoms with Gasteiger partial charge < -0.3 is 30.7 Å². The molecule has 5 rings (SSSR count). The smallest absolute Gasteiger partial charge is 0.414 e. The van der Waals surface area contributed by atoms with Crippen molar-refractivity contribution in [3.63, 3.8) is 0 Å². The van der Waals surface area contributed by atoms with Gasteiger partial charge in [-0.1, -0.05) is 91.0 Å². The van der Waals surface area contributed by atoms with E-state index in [1.165, 1.54) is 4.90 Å². The van der Waals surface area contributed by atoms with Crippen molar-refractivity contribution in [2.75, 3.05) is 6.54 Å². The molecule has 0 aromatic heterocycles. The van der Waals surface area contributed by atoms with Crippen LogP contribution in [0.2, 0.25) is 0 Å². The predicted molar refractivity (Wildman–Crippen MR) is 173 cm³/mol. The van der Waals surface area contributed by atoms with Crippen molar-refractivity contribution in [2.45, 2.75) is 37.1 Å². The van der Waals surface area contributed by atoms with Crippen molar-refractivity contribution in [3.05, 3.63) is 132 Å².